The fourth-order valence-corrected chi connectivity index (χ4v) is 3.35. The number of rotatable bonds is 9. The number of thioether (sulfide) groups is 1. The van der Waals surface area contributed by atoms with E-state index in [1.54, 1.807) is 18.9 Å². The van der Waals surface area contributed by atoms with Crippen LogP contribution in [0.15, 0.2) is 53.4 Å². The van der Waals surface area contributed by atoms with Crippen LogP contribution < -0.4 is 10.1 Å². The minimum Gasteiger partial charge on any atom is -0.495 e. The fraction of sp³-hybridized carbons (Fsp3) is 0.316. The number of halogens is 1. The second kappa shape index (κ2) is 10.3. The predicted molar refractivity (Wildman–Crippen MR) is 106 cm³/mol. The molecular weight excluding hydrogens is 356 g/mol. The minimum atomic E-state index is -0.0390. The van der Waals surface area contributed by atoms with Gasteiger partial charge in [-0.1, -0.05) is 30.7 Å². The van der Waals surface area contributed by atoms with Gasteiger partial charge >= 0.3 is 0 Å². The van der Waals surface area contributed by atoms with Gasteiger partial charge in [0.25, 0.3) is 0 Å². The molecule has 2 rings (SSSR count). The normalized spacial score (nSPS) is 10.7. The first-order valence-electron chi connectivity index (χ1n) is 8.16. The number of nitrogens with zero attached hydrogens (tertiary/aromatic N) is 1. The van der Waals surface area contributed by atoms with Gasteiger partial charge in [0.1, 0.15) is 5.75 Å². The summed E-state index contributed by atoms with van der Waals surface area (Å²) < 4.78 is 5.26. The number of nitrogens with one attached hydrogen (secondary N) is 1. The van der Waals surface area contributed by atoms with Gasteiger partial charge in [-0.15, -0.1) is 11.8 Å². The number of hydrogen-bond donors (Lipinski definition) is 1. The summed E-state index contributed by atoms with van der Waals surface area (Å²) in [6.07, 6.45) is 0. The molecule has 1 N–H and O–H groups in total. The van der Waals surface area contributed by atoms with Gasteiger partial charge in [-0.3, -0.25) is 9.69 Å². The highest BCUT2D eigenvalue weighted by Crippen LogP contribution is 2.23. The van der Waals surface area contributed by atoms with E-state index in [4.69, 9.17) is 16.3 Å². The van der Waals surface area contributed by atoms with Gasteiger partial charge in [0.15, 0.2) is 0 Å². The van der Waals surface area contributed by atoms with Crippen LogP contribution >= 0.6 is 23.4 Å². The standard InChI is InChI=1S/C19H23ClN2O2S/c1-3-22(12-13-25-16-10-8-15(20)9-11-16)14-19(23)21-17-6-4-5-7-18(17)24-2/h4-11H,3,12-14H2,1-2H3,(H,21,23). The van der Waals surface area contributed by atoms with E-state index in [-0.39, 0.29) is 5.91 Å². The number of likely N-dealkylation sites (N-methyl/N-ethyl adjacent to an activating group) is 1. The number of amides is 1. The molecule has 0 atom stereocenters. The molecule has 6 heteroatoms. The van der Waals surface area contributed by atoms with Crippen LogP contribution in [-0.2, 0) is 4.79 Å². The summed E-state index contributed by atoms with van der Waals surface area (Å²) in [7, 11) is 1.59. The van der Waals surface area contributed by atoms with Crippen LogP contribution in [0.25, 0.3) is 0 Å². The number of hydrogen-bond acceptors (Lipinski definition) is 4. The van der Waals surface area contributed by atoms with Crippen molar-refractivity contribution in [1.29, 1.82) is 0 Å². The highest BCUT2D eigenvalue weighted by atomic mass is 35.5. The van der Waals surface area contributed by atoms with Crippen LogP contribution in [0, 0.1) is 0 Å². The van der Waals surface area contributed by atoms with Gasteiger partial charge in [0, 0.05) is 22.2 Å². The van der Waals surface area contributed by atoms with Gasteiger partial charge in [-0.25, -0.2) is 0 Å². The van der Waals surface area contributed by atoms with E-state index >= 15 is 0 Å². The Morgan fingerprint density at radius 3 is 2.60 bits per heavy atom. The van der Waals surface area contributed by atoms with Crippen molar-refractivity contribution in [2.24, 2.45) is 0 Å². The zero-order valence-electron chi connectivity index (χ0n) is 14.5. The average Bonchev–Trinajstić information content (AvgIpc) is 2.63. The van der Waals surface area contributed by atoms with Crippen molar-refractivity contribution in [1.82, 2.24) is 4.90 Å². The lowest BCUT2D eigenvalue weighted by atomic mass is 10.3. The Kier molecular flexibility index (Phi) is 8.12. The highest BCUT2D eigenvalue weighted by molar-refractivity contribution is 7.99. The zero-order valence-corrected chi connectivity index (χ0v) is 16.1. The van der Waals surface area contributed by atoms with Crippen LogP contribution in [0.4, 0.5) is 5.69 Å². The summed E-state index contributed by atoms with van der Waals surface area (Å²) in [6.45, 7) is 4.07. The van der Waals surface area contributed by atoms with Crippen LogP contribution in [-0.4, -0.2) is 43.3 Å². The maximum Gasteiger partial charge on any atom is 0.238 e. The Morgan fingerprint density at radius 1 is 1.20 bits per heavy atom. The van der Waals surface area contributed by atoms with Crippen molar-refractivity contribution in [3.8, 4) is 5.75 Å². The first-order chi connectivity index (χ1) is 12.1. The largest absolute Gasteiger partial charge is 0.495 e. The summed E-state index contributed by atoms with van der Waals surface area (Å²) in [5, 5.41) is 3.66. The molecule has 0 aliphatic rings. The van der Waals surface area contributed by atoms with Crippen LogP contribution in [0.1, 0.15) is 6.92 Å². The van der Waals surface area contributed by atoms with Gasteiger partial charge in [0.05, 0.1) is 19.3 Å². The highest BCUT2D eigenvalue weighted by Gasteiger charge is 2.11. The Hall–Kier alpha value is -1.69. The Balaban J connectivity index is 1.80. The van der Waals surface area contributed by atoms with E-state index in [0.29, 0.717) is 18.0 Å². The summed E-state index contributed by atoms with van der Waals surface area (Å²) in [4.78, 5) is 15.6. The summed E-state index contributed by atoms with van der Waals surface area (Å²) in [5.41, 5.74) is 0.696. The Bertz CT molecular complexity index is 679. The number of carbonyl (C=O) groups is 1. The zero-order chi connectivity index (χ0) is 18.1. The van der Waals surface area contributed by atoms with Gasteiger partial charge in [0.2, 0.25) is 5.91 Å². The summed E-state index contributed by atoms with van der Waals surface area (Å²) in [6, 6.07) is 15.2. The number of anilines is 1. The molecule has 25 heavy (non-hydrogen) atoms. The molecule has 0 saturated carbocycles. The maximum absolute atomic E-state index is 12.3. The number of benzene rings is 2. The molecular formula is C19H23ClN2O2S. The molecule has 0 spiro atoms. The van der Waals surface area contributed by atoms with E-state index in [0.717, 1.165) is 23.9 Å². The maximum atomic E-state index is 12.3. The molecule has 2 aromatic rings. The lowest BCUT2D eigenvalue weighted by Crippen LogP contribution is -2.34. The number of methoxy groups -OCH3 is 1. The lowest BCUT2D eigenvalue weighted by molar-refractivity contribution is -0.117. The van der Waals surface area contributed by atoms with E-state index in [9.17, 15) is 4.79 Å². The second-order valence-corrected chi connectivity index (χ2v) is 7.02. The van der Waals surface area contributed by atoms with E-state index in [2.05, 4.69) is 17.1 Å². The number of para-hydroxylation sites is 2. The Labute approximate surface area is 158 Å². The summed E-state index contributed by atoms with van der Waals surface area (Å²) in [5.74, 6) is 1.54. The molecule has 1 amide bonds. The van der Waals surface area contributed by atoms with Crippen molar-refractivity contribution in [3.05, 3.63) is 53.6 Å². The molecule has 0 aromatic heterocycles. The molecule has 2 aromatic carbocycles. The van der Waals surface area contributed by atoms with Crippen molar-refractivity contribution in [3.63, 3.8) is 0 Å². The first-order valence-corrected chi connectivity index (χ1v) is 9.52. The van der Waals surface area contributed by atoms with Crippen LogP contribution in [0.2, 0.25) is 5.02 Å². The van der Waals surface area contributed by atoms with Gasteiger partial charge in [-0.05, 0) is 42.9 Å². The van der Waals surface area contributed by atoms with Crippen molar-refractivity contribution in [2.45, 2.75) is 11.8 Å². The average molecular weight is 379 g/mol. The van der Waals surface area contributed by atoms with Crippen LogP contribution in [0.5, 0.6) is 5.75 Å². The summed E-state index contributed by atoms with van der Waals surface area (Å²) >= 11 is 7.65. The quantitative estimate of drug-likeness (QED) is 0.656. The second-order valence-electron chi connectivity index (χ2n) is 5.42. The molecule has 0 aliphatic heterocycles. The molecule has 0 aliphatic carbocycles. The van der Waals surface area contributed by atoms with Crippen molar-refractivity contribution in [2.75, 3.05) is 37.8 Å². The monoisotopic (exact) mass is 378 g/mol. The van der Waals surface area contributed by atoms with Gasteiger partial charge < -0.3 is 10.1 Å². The lowest BCUT2D eigenvalue weighted by Gasteiger charge is -2.20. The van der Waals surface area contributed by atoms with Crippen molar-refractivity contribution < 1.29 is 9.53 Å². The van der Waals surface area contributed by atoms with Crippen molar-refractivity contribution >= 4 is 35.0 Å². The molecule has 4 nitrogen and oxygen atoms in total. The number of ether oxygens (including phenoxy) is 1. The third-order valence-electron chi connectivity index (χ3n) is 3.69. The minimum absolute atomic E-state index is 0.0390. The third kappa shape index (κ3) is 6.61. The fourth-order valence-electron chi connectivity index (χ4n) is 2.31. The van der Waals surface area contributed by atoms with E-state index in [1.807, 2.05) is 48.5 Å². The molecule has 0 saturated heterocycles. The molecule has 0 bridgehead atoms. The predicted octanol–water partition coefficient (Wildman–Crippen LogP) is 4.40. The van der Waals surface area contributed by atoms with E-state index < -0.39 is 0 Å². The van der Waals surface area contributed by atoms with Gasteiger partial charge in [-0.2, -0.15) is 0 Å². The SMILES string of the molecule is CCN(CCSc1ccc(Cl)cc1)CC(=O)Nc1ccccc1OC. The number of carbonyl (C=O) groups excluding carboxylic acids is 1. The molecule has 0 radical (unpaired) electrons. The third-order valence-corrected chi connectivity index (χ3v) is 4.93. The molecule has 134 valence electrons. The Morgan fingerprint density at radius 2 is 1.92 bits per heavy atom. The molecule has 0 fully saturated rings. The van der Waals surface area contributed by atoms with Crippen LogP contribution in [0.3, 0.4) is 0 Å². The van der Waals surface area contributed by atoms with E-state index in [1.165, 1.54) is 4.90 Å². The smallest absolute Gasteiger partial charge is 0.238 e. The topological polar surface area (TPSA) is 41.6 Å². The molecule has 0 unspecified atom stereocenters. The molecule has 0 heterocycles. The first kappa shape index (κ1) is 19.6.